The molecule has 6 heteroatoms. The molecular weight excluding hydrogens is 264 g/mol. The minimum Gasteiger partial charge on any atom is -0.342 e. The molecule has 1 unspecified atom stereocenters. The second-order valence-corrected chi connectivity index (χ2v) is 8.05. The average molecular weight is 288 g/mol. The molecule has 5 nitrogen and oxygen atoms in total. The molecular formula is C13H24N2O3S. The van der Waals surface area contributed by atoms with E-state index in [4.69, 9.17) is 0 Å². The van der Waals surface area contributed by atoms with Gasteiger partial charge in [-0.15, -0.1) is 0 Å². The molecule has 0 bridgehead atoms. The highest BCUT2D eigenvalue weighted by atomic mass is 32.2. The van der Waals surface area contributed by atoms with E-state index in [9.17, 15) is 13.2 Å². The van der Waals surface area contributed by atoms with E-state index in [1.807, 2.05) is 0 Å². The summed E-state index contributed by atoms with van der Waals surface area (Å²) in [5.41, 5.74) is 0. The minimum atomic E-state index is -3.32. The Kier molecular flexibility index (Phi) is 4.84. The number of nitrogens with zero attached hydrogens (tertiary/aromatic N) is 1. The Morgan fingerprint density at radius 3 is 2.42 bits per heavy atom. The molecule has 2 aliphatic heterocycles. The summed E-state index contributed by atoms with van der Waals surface area (Å²) < 4.78 is 24.7. The summed E-state index contributed by atoms with van der Waals surface area (Å²) in [6.45, 7) is 4.96. The number of carbonyl (C=O) groups excluding carboxylic acids is 1. The molecule has 0 aliphatic carbocycles. The van der Waals surface area contributed by atoms with Gasteiger partial charge in [-0.25, -0.2) is 8.42 Å². The van der Waals surface area contributed by atoms with E-state index in [0.717, 1.165) is 51.9 Å². The Labute approximate surface area is 115 Å². The monoisotopic (exact) mass is 288 g/mol. The zero-order valence-corrected chi connectivity index (χ0v) is 12.4. The minimum absolute atomic E-state index is 0.192. The van der Waals surface area contributed by atoms with E-state index in [1.54, 1.807) is 11.8 Å². The van der Waals surface area contributed by atoms with E-state index in [2.05, 4.69) is 5.32 Å². The maximum absolute atomic E-state index is 12.3. The fourth-order valence-electron chi connectivity index (χ4n) is 2.97. The predicted molar refractivity (Wildman–Crippen MR) is 74.7 cm³/mol. The van der Waals surface area contributed by atoms with E-state index in [-0.39, 0.29) is 17.6 Å². The molecule has 2 rings (SSSR count). The van der Waals surface area contributed by atoms with Crippen molar-refractivity contribution in [2.75, 3.05) is 31.9 Å². The Hall–Kier alpha value is -0.620. The van der Waals surface area contributed by atoms with Gasteiger partial charge in [0, 0.05) is 13.1 Å². The van der Waals surface area contributed by atoms with Gasteiger partial charge < -0.3 is 10.2 Å². The number of carbonyl (C=O) groups is 1. The van der Waals surface area contributed by atoms with E-state index >= 15 is 0 Å². The first-order valence-electron chi connectivity index (χ1n) is 7.21. The second-order valence-electron chi connectivity index (χ2n) is 5.69. The van der Waals surface area contributed by atoms with Crippen molar-refractivity contribution in [3.05, 3.63) is 0 Å². The number of piperidine rings is 1. The summed E-state index contributed by atoms with van der Waals surface area (Å²) in [6.07, 6.45) is 3.77. The van der Waals surface area contributed by atoms with E-state index in [1.165, 1.54) is 0 Å². The summed E-state index contributed by atoms with van der Waals surface area (Å²) in [5, 5.41) is 2.83. The standard InChI is InChI=1S/C13H24N2O3S/c1-11(12-4-6-14-7-5-12)19(17,18)10-13(16)15-8-2-3-9-15/h11-12,14H,2-10H2,1H3. The molecule has 2 fully saturated rings. The number of likely N-dealkylation sites (tertiary alicyclic amines) is 1. The van der Waals surface area contributed by atoms with Crippen LogP contribution in [0.3, 0.4) is 0 Å². The van der Waals surface area contributed by atoms with Gasteiger partial charge in [0.25, 0.3) is 0 Å². The third-order valence-corrected chi connectivity index (χ3v) is 6.56. The van der Waals surface area contributed by atoms with Gasteiger partial charge in [-0.2, -0.15) is 0 Å². The Bertz CT molecular complexity index is 410. The lowest BCUT2D eigenvalue weighted by atomic mass is 9.95. The van der Waals surface area contributed by atoms with Crippen molar-refractivity contribution in [1.82, 2.24) is 10.2 Å². The molecule has 0 radical (unpaired) electrons. The Balaban J connectivity index is 1.94. The lowest BCUT2D eigenvalue weighted by Gasteiger charge is -2.28. The normalized spacial score (nSPS) is 23.5. The van der Waals surface area contributed by atoms with Crippen LogP contribution in [0.4, 0.5) is 0 Å². The number of hydrogen-bond donors (Lipinski definition) is 1. The van der Waals surface area contributed by atoms with Crippen LogP contribution in [-0.4, -0.2) is 56.4 Å². The Morgan fingerprint density at radius 2 is 1.84 bits per heavy atom. The van der Waals surface area contributed by atoms with Gasteiger partial charge in [0.15, 0.2) is 9.84 Å². The van der Waals surface area contributed by atoms with Crippen molar-refractivity contribution in [3.8, 4) is 0 Å². The highest BCUT2D eigenvalue weighted by molar-refractivity contribution is 7.92. The van der Waals surface area contributed by atoms with Gasteiger partial charge in [-0.05, 0) is 51.6 Å². The maximum atomic E-state index is 12.3. The summed E-state index contributed by atoms with van der Waals surface area (Å²) >= 11 is 0. The SMILES string of the molecule is CC(C1CCNCC1)S(=O)(=O)CC(=O)N1CCCC1. The highest BCUT2D eigenvalue weighted by Gasteiger charge is 2.33. The summed E-state index contributed by atoms with van der Waals surface area (Å²) in [7, 11) is -3.32. The molecule has 2 heterocycles. The van der Waals surface area contributed by atoms with Gasteiger partial charge in [0.2, 0.25) is 5.91 Å². The van der Waals surface area contributed by atoms with E-state index < -0.39 is 15.1 Å². The van der Waals surface area contributed by atoms with Crippen LogP contribution in [0.2, 0.25) is 0 Å². The smallest absolute Gasteiger partial charge is 0.237 e. The van der Waals surface area contributed by atoms with Crippen molar-refractivity contribution in [2.24, 2.45) is 5.92 Å². The first-order valence-corrected chi connectivity index (χ1v) is 8.92. The molecule has 2 aliphatic rings. The average Bonchev–Trinajstić information content (AvgIpc) is 2.92. The lowest BCUT2D eigenvalue weighted by Crippen LogP contribution is -2.41. The van der Waals surface area contributed by atoms with Crippen LogP contribution in [0, 0.1) is 5.92 Å². The van der Waals surface area contributed by atoms with Crippen molar-refractivity contribution in [3.63, 3.8) is 0 Å². The lowest BCUT2D eigenvalue weighted by molar-refractivity contribution is -0.127. The summed E-state index contributed by atoms with van der Waals surface area (Å²) in [4.78, 5) is 13.7. The summed E-state index contributed by atoms with van der Waals surface area (Å²) in [6, 6.07) is 0. The molecule has 0 aromatic rings. The predicted octanol–water partition coefficient (Wildman–Crippen LogP) is 0.412. The first-order chi connectivity index (χ1) is 9.00. The number of sulfone groups is 1. The largest absolute Gasteiger partial charge is 0.342 e. The van der Waals surface area contributed by atoms with Crippen molar-refractivity contribution in [2.45, 2.75) is 37.9 Å². The van der Waals surface area contributed by atoms with Crippen LogP contribution in [-0.2, 0) is 14.6 Å². The third-order valence-electron chi connectivity index (χ3n) is 4.40. The first kappa shape index (κ1) is 14.8. The van der Waals surface area contributed by atoms with Crippen LogP contribution >= 0.6 is 0 Å². The third kappa shape index (κ3) is 3.69. The molecule has 0 spiro atoms. The zero-order chi connectivity index (χ0) is 13.9. The van der Waals surface area contributed by atoms with Gasteiger partial charge >= 0.3 is 0 Å². The molecule has 110 valence electrons. The highest BCUT2D eigenvalue weighted by Crippen LogP contribution is 2.23. The van der Waals surface area contributed by atoms with Crippen LogP contribution in [0.1, 0.15) is 32.6 Å². The molecule has 19 heavy (non-hydrogen) atoms. The Morgan fingerprint density at radius 1 is 1.26 bits per heavy atom. The maximum Gasteiger partial charge on any atom is 0.237 e. The molecule has 1 N–H and O–H groups in total. The van der Waals surface area contributed by atoms with Gasteiger partial charge in [0.1, 0.15) is 5.75 Å². The number of nitrogens with one attached hydrogen (secondary N) is 1. The quantitative estimate of drug-likeness (QED) is 0.814. The van der Waals surface area contributed by atoms with Crippen molar-refractivity contribution in [1.29, 1.82) is 0 Å². The van der Waals surface area contributed by atoms with Gasteiger partial charge in [-0.3, -0.25) is 4.79 Å². The van der Waals surface area contributed by atoms with Crippen LogP contribution in [0.15, 0.2) is 0 Å². The zero-order valence-electron chi connectivity index (χ0n) is 11.6. The molecule has 0 aromatic heterocycles. The summed E-state index contributed by atoms with van der Waals surface area (Å²) in [5.74, 6) is -0.325. The van der Waals surface area contributed by atoms with Crippen LogP contribution in [0.5, 0.6) is 0 Å². The van der Waals surface area contributed by atoms with Crippen LogP contribution < -0.4 is 5.32 Å². The van der Waals surface area contributed by atoms with Gasteiger partial charge in [-0.1, -0.05) is 0 Å². The van der Waals surface area contributed by atoms with E-state index in [0.29, 0.717) is 0 Å². The fraction of sp³-hybridized carbons (Fsp3) is 0.923. The second kappa shape index (κ2) is 6.22. The topological polar surface area (TPSA) is 66.5 Å². The molecule has 1 atom stereocenters. The van der Waals surface area contributed by atoms with Crippen LogP contribution in [0.25, 0.3) is 0 Å². The van der Waals surface area contributed by atoms with Gasteiger partial charge in [0.05, 0.1) is 5.25 Å². The number of amides is 1. The molecule has 1 amide bonds. The number of rotatable bonds is 4. The molecule has 2 saturated heterocycles. The molecule has 0 aromatic carbocycles. The number of hydrogen-bond acceptors (Lipinski definition) is 4. The van der Waals surface area contributed by atoms with Crippen molar-refractivity contribution >= 4 is 15.7 Å². The molecule has 0 saturated carbocycles. The fourth-order valence-corrected chi connectivity index (χ4v) is 4.62. The van der Waals surface area contributed by atoms with Crippen molar-refractivity contribution < 1.29 is 13.2 Å².